The molecule has 2 rings (SSSR count). The summed E-state index contributed by atoms with van der Waals surface area (Å²) in [6, 6.07) is 5.59. The quantitative estimate of drug-likeness (QED) is 0.927. The molecule has 1 N–H and O–H groups in total. The van der Waals surface area contributed by atoms with Gasteiger partial charge < -0.3 is 5.11 Å². The summed E-state index contributed by atoms with van der Waals surface area (Å²) in [5, 5.41) is 12.9. The first-order chi connectivity index (χ1) is 8.40. The van der Waals surface area contributed by atoms with E-state index in [9.17, 15) is 4.79 Å². The van der Waals surface area contributed by atoms with Gasteiger partial charge in [0.15, 0.2) is 5.69 Å². The summed E-state index contributed by atoms with van der Waals surface area (Å²) in [7, 11) is 1.74. The van der Waals surface area contributed by atoms with E-state index in [4.69, 9.17) is 5.11 Å². The SMILES string of the molecule is Cc1cc(-c2cc(C(=O)O)nn2C)cc(Br)c1C. The minimum Gasteiger partial charge on any atom is -0.476 e. The Morgan fingerprint density at radius 3 is 2.50 bits per heavy atom. The van der Waals surface area contributed by atoms with Crippen molar-refractivity contribution in [3.63, 3.8) is 0 Å². The number of rotatable bonds is 2. The molecule has 0 amide bonds. The molecule has 4 nitrogen and oxygen atoms in total. The summed E-state index contributed by atoms with van der Waals surface area (Å²) in [4.78, 5) is 10.9. The molecule has 0 unspecified atom stereocenters. The summed E-state index contributed by atoms with van der Waals surface area (Å²) in [5.74, 6) is -1.01. The molecule has 0 aliphatic rings. The van der Waals surface area contributed by atoms with Crippen molar-refractivity contribution in [2.45, 2.75) is 13.8 Å². The fourth-order valence-corrected chi connectivity index (χ4v) is 2.37. The second-order valence-corrected chi connectivity index (χ2v) is 5.10. The van der Waals surface area contributed by atoms with Crippen LogP contribution in [0.2, 0.25) is 0 Å². The molecule has 0 atom stereocenters. The highest BCUT2D eigenvalue weighted by atomic mass is 79.9. The van der Waals surface area contributed by atoms with Gasteiger partial charge in [0.1, 0.15) is 0 Å². The average molecular weight is 309 g/mol. The van der Waals surface area contributed by atoms with Gasteiger partial charge >= 0.3 is 5.97 Å². The maximum atomic E-state index is 10.9. The van der Waals surface area contributed by atoms with Gasteiger partial charge in [0.2, 0.25) is 0 Å². The maximum absolute atomic E-state index is 10.9. The van der Waals surface area contributed by atoms with Gasteiger partial charge in [0.05, 0.1) is 5.69 Å². The van der Waals surface area contributed by atoms with Crippen molar-refractivity contribution >= 4 is 21.9 Å². The molecule has 5 heteroatoms. The van der Waals surface area contributed by atoms with Gasteiger partial charge in [0, 0.05) is 17.1 Å². The van der Waals surface area contributed by atoms with Crippen LogP contribution in [-0.4, -0.2) is 20.9 Å². The smallest absolute Gasteiger partial charge is 0.356 e. The fraction of sp³-hybridized carbons (Fsp3) is 0.231. The van der Waals surface area contributed by atoms with Crippen LogP contribution in [0.4, 0.5) is 0 Å². The lowest BCUT2D eigenvalue weighted by molar-refractivity contribution is 0.0689. The molecule has 0 bridgehead atoms. The lowest BCUT2D eigenvalue weighted by Gasteiger charge is -2.08. The Balaban J connectivity index is 2.58. The molecule has 1 aromatic carbocycles. The topological polar surface area (TPSA) is 55.1 Å². The molecule has 18 heavy (non-hydrogen) atoms. The summed E-state index contributed by atoms with van der Waals surface area (Å²) in [6.07, 6.45) is 0. The molecule has 0 saturated heterocycles. The van der Waals surface area contributed by atoms with E-state index in [1.807, 2.05) is 26.0 Å². The van der Waals surface area contributed by atoms with E-state index in [1.165, 1.54) is 5.56 Å². The van der Waals surface area contributed by atoms with Crippen LogP contribution < -0.4 is 0 Å². The Hall–Kier alpha value is -1.62. The Kier molecular flexibility index (Phi) is 3.26. The lowest BCUT2D eigenvalue weighted by Crippen LogP contribution is -1.99. The predicted octanol–water partition coefficient (Wildman–Crippen LogP) is 3.16. The second kappa shape index (κ2) is 4.57. The minimum atomic E-state index is -1.01. The van der Waals surface area contributed by atoms with Crippen molar-refractivity contribution in [3.05, 3.63) is 39.5 Å². The van der Waals surface area contributed by atoms with Crippen LogP contribution in [-0.2, 0) is 7.05 Å². The van der Waals surface area contributed by atoms with Crippen LogP contribution in [0.3, 0.4) is 0 Å². The Morgan fingerprint density at radius 2 is 2.00 bits per heavy atom. The third-order valence-corrected chi connectivity index (χ3v) is 3.82. The van der Waals surface area contributed by atoms with E-state index in [1.54, 1.807) is 17.8 Å². The Labute approximate surface area is 113 Å². The third-order valence-electron chi connectivity index (χ3n) is 3.00. The zero-order valence-corrected chi connectivity index (χ0v) is 11.9. The van der Waals surface area contributed by atoms with Gasteiger partial charge in [-0.2, -0.15) is 5.10 Å². The highest BCUT2D eigenvalue weighted by Gasteiger charge is 2.13. The van der Waals surface area contributed by atoms with Gasteiger partial charge in [0.25, 0.3) is 0 Å². The maximum Gasteiger partial charge on any atom is 0.356 e. The van der Waals surface area contributed by atoms with E-state index >= 15 is 0 Å². The lowest BCUT2D eigenvalue weighted by atomic mass is 10.0. The molecule has 1 aromatic heterocycles. The number of carboxylic acid groups (broad SMARTS) is 1. The summed E-state index contributed by atoms with van der Waals surface area (Å²) in [5.41, 5.74) is 4.13. The molecule has 94 valence electrons. The fourth-order valence-electron chi connectivity index (χ4n) is 1.81. The van der Waals surface area contributed by atoms with Gasteiger partial charge in [-0.25, -0.2) is 4.79 Å². The molecular weight excluding hydrogens is 296 g/mol. The van der Waals surface area contributed by atoms with Crippen molar-refractivity contribution in [2.75, 3.05) is 0 Å². The normalized spacial score (nSPS) is 10.7. The van der Waals surface area contributed by atoms with Crippen molar-refractivity contribution in [1.29, 1.82) is 0 Å². The van der Waals surface area contributed by atoms with Crippen LogP contribution in [0.5, 0.6) is 0 Å². The zero-order valence-electron chi connectivity index (χ0n) is 10.4. The largest absolute Gasteiger partial charge is 0.476 e. The Bertz CT molecular complexity index is 609. The number of carbonyl (C=O) groups is 1. The number of carboxylic acids is 1. The van der Waals surface area contributed by atoms with E-state index in [-0.39, 0.29) is 5.69 Å². The standard InChI is InChI=1S/C13H13BrN2O2/c1-7-4-9(5-10(14)8(7)2)12-6-11(13(17)18)15-16(12)3/h4-6H,1-3H3,(H,17,18). The van der Waals surface area contributed by atoms with Crippen molar-refractivity contribution < 1.29 is 9.90 Å². The molecule has 0 saturated carbocycles. The molecule has 1 heterocycles. The van der Waals surface area contributed by atoms with Gasteiger partial charge in [-0.15, -0.1) is 0 Å². The van der Waals surface area contributed by atoms with Crippen LogP contribution in [0.1, 0.15) is 21.6 Å². The van der Waals surface area contributed by atoms with E-state index < -0.39 is 5.97 Å². The van der Waals surface area contributed by atoms with Gasteiger partial charge in [-0.1, -0.05) is 15.9 Å². The molecule has 0 spiro atoms. The first-order valence-electron chi connectivity index (χ1n) is 5.44. The number of aromatic nitrogens is 2. The number of aryl methyl sites for hydroxylation is 2. The number of nitrogens with zero attached hydrogens (tertiary/aromatic N) is 2. The first kappa shape index (κ1) is 12.8. The summed E-state index contributed by atoms with van der Waals surface area (Å²) >= 11 is 3.51. The minimum absolute atomic E-state index is 0.0573. The Morgan fingerprint density at radius 1 is 1.33 bits per heavy atom. The number of halogens is 1. The number of aromatic carboxylic acids is 1. The van der Waals surface area contributed by atoms with Crippen LogP contribution in [0.15, 0.2) is 22.7 Å². The predicted molar refractivity (Wildman–Crippen MR) is 72.8 cm³/mol. The summed E-state index contributed by atoms with van der Waals surface area (Å²) in [6.45, 7) is 4.06. The van der Waals surface area contributed by atoms with Crippen molar-refractivity contribution in [1.82, 2.24) is 9.78 Å². The number of benzene rings is 1. The average Bonchev–Trinajstić information content (AvgIpc) is 2.68. The monoisotopic (exact) mass is 308 g/mol. The molecule has 0 aliphatic carbocycles. The molecule has 0 radical (unpaired) electrons. The molecule has 2 aromatic rings. The van der Waals surface area contributed by atoms with E-state index in [0.717, 1.165) is 21.3 Å². The number of hydrogen-bond donors (Lipinski definition) is 1. The van der Waals surface area contributed by atoms with Crippen LogP contribution in [0.25, 0.3) is 11.3 Å². The first-order valence-corrected chi connectivity index (χ1v) is 6.24. The van der Waals surface area contributed by atoms with Crippen LogP contribution >= 0.6 is 15.9 Å². The zero-order chi connectivity index (χ0) is 13.4. The van der Waals surface area contributed by atoms with Crippen molar-refractivity contribution in [3.8, 4) is 11.3 Å². The van der Waals surface area contributed by atoms with Gasteiger partial charge in [-0.05, 0) is 43.2 Å². The van der Waals surface area contributed by atoms with Crippen molar-refractivity contribution in [2.24, 2.45) is 7.05 Å². The molecular formula is C13H13BrN2O2. The summed E-state index contributed by atoms with van der Waals surface area (Å²) < 4.78 is 2.59. The van der Waals surface area contributed by atoms with E-state index in [0.29, 0.717) is 0 Å². The van der Waals surface area contributed by atoms with Crippen LogP contribution in [0, 0.1) is 13.8 Å². The van der Waals surface area contributed by atoms with Gasteiger partial charge in [-0.3, -0.25) is 4.68 Å². The molecule has 0 fully saturated rings. The third kappa shape index (κ3) is 2.18. The number of hydrogen-bond acceptors (Lipinski definition) is 2. The molecule has 0 aliphatic heterocycles. The van der Waals surface area contributed by atoms with E-state index in [2.05, 4.69) is 21.0 Å². The highest BCUT2D eigenvalue weighted by molar-refractivity contribution is 9.10. The highest BCUT2D eigenvalue weighted by Crippen LogP contribution is 2.28. The second-order valence-electron chi connectivity index (χ2n) is 4.24.